The first-order valence-electron chi connectivity index (χ1n) is 7.05. The molecule has 116 valence electrons. The van der Waals surface area contributed by atoms with Crippen molar-refractivity contribution in [3.63, 3.8) is 0 Å². The van der Waals surface area contributed by atoms with Gasteiger partial charge in [0.25, 0.3) is 0 Å². The molecule has 0 radical (unpaired) electrons. The highest BCUT2D eigenvalue weighted by Crippen LogP contribution is 2.49. The van der Waals surface area contributed by atoms with Crippen LogP contribution in [0.25, 0.3) is 0 Å². The van der Waals surface area contributed by atoms with Crippen LogP contribution in [0.2, 0.25) is 10.0 Å². The quantitative estimate of drug-likeness (QED) is 0.607. The first-order chi connectivity index (χ1) is 10.6. The van der Waals surface area contributed by atoms with Crippen molar-refractivity contribution in [3.05, 3.63) is 46.3 Å². The van der Waals surface area contributed by atoms with E-state index in [2.05, 4.69) is 6.58 Å². The van der Waals surface area contributed by atoms with Crippen LogP contribution < -0.4 is 9.64 Å². The lowest BCUT2D eigenvalue weighted by Crippen LogP contribution is -2.37. The van der Waals surface area contributed by atoms with Crippen LogP contribution in [0.3, 0.4) is 0 Å². The lowest BCUT2D eigenvalue weighted by Gasteiger charge is -2.32. The number of carbonyl (C=O) groups is 1. The van der Waals surface area contributed by atoms with E-state index in [0.717, 1.165) is 12.1 Å². The third kappa shape index (κ3) is 2.36. The number of benzene rings is 1. The van der Waals surface area contributed by atoms with E-state index >= 15 is 0 Å². The number of hydrogen-bond donors (Lipinski definition) is 0. The number of halogens is 2. The molecule has 0 unspecified atom stereocenters. The minimum absolute atomic E-state index is 0.0176. The summed E-state index contributed by atoms with van der Waals surface area (Å²) in [7, 11) is 0. The standard InChI is InChI=1S/C16H15Cl2NO3/c1-3-10-5-6-11(16(20)21-4-2)15-19(10)13-8-9(17)7-12(18)14(13)22-15/h3,7-8,10H,1,4-6H2,2H3/t10-/m0/s1. The minimum atomic E-state index is -0.361. The summed E-state index contributed by atoms with van der Waals surface area (Å²) in [5, 5.41) is 0.926. The van der Waals surface area contributed by atoms with Crippen molar-refractivity contribution >= 4 is 34.9 Å². The number of rotatable bonds is 3. The summed E-state index contributed by atoms with van der Waals surface area (Å²) in [4.78, 5) is 14.1. The van der Waals surface area contributed by atoms with Gasteiger partial charge in [0.2, 0.25) is 5.88 Å². The van der Waals surface area contributed by atoms with Crippen LogP contribution in [0.15, 0.2) is 36.2 Å². The molecule has 1 aromatic rings. The highest BCUT2D eigenvalue weighted by Gasteiger charge is 2.40. The van der Waals surface area contributed by atoms with Gasteiger partial charge in [-0.15, -0.1) is 6.58 Å². The van der Waals surface area contributed by atoms with Gasteiger partial charge in [-0.05, 0) is 31.9 Å². The second-order valence-electron chi connectivity index (χ2n) is 5.05. The molecule has 0 saturated carbocycles. The highest BCUT2D eigenvalue weighted by molar-refractivity contribution is 6.36. The van der Waals surface area contributed by atoms with Crippen LogP contribution >= 0.6 is 23.2 Å². The highest BCUT2D eigenvalue weighted by atomic mass is 35.5. The van der Waals surface area contributed by atoms with Crippen molar-refractivity contribution in [2.75, 3.05) is 11.5 Å². The molecular formula is C16H15Cl2NO3. The van der Waals surface area contributed by atoms with Gasteiger partial charge in [0, 0.05) is 5.02 Å². The summed E-state index contributed by atoms with van der Waals surface area (Å²) >= 11 is 12.3. The Bertz CT molecular complexity index is 684. The summed E-state index contributed by atoms with van der Waals surface area (Å²) in [6.45, 7) is 5.96. The normalized spacial score (nSPS) is 19.4. The molecule has 6 heteroatoms. The molecule has 4 nitrogen and oxygen atoms in total. The summed E-state index contributed by atoms with van der Waals surface area (Å²) in [6.07, 6.45) is 3.14. The molecule has 22 heavy (non-hydrogen) atoms. The molecule has 0 amide bonds. The van der Waals surface area contributed by atoms with E-state index in [4.69, 9.17) is 32.7 Å². The van der Waals surface area contributed by atoms with Gasteiger partial charge in [0.1, 0.15) is 0 Å². The fourth-order valence-electron chi connectivity index (χ4n) is 2.78. The number of esters is 1. The molecule has 1 atom stereocenters. The van der Waals surface area contributed by atoms with Gasteiger partial charge in [-0.1, -0.05) is 29.3 Å². The van der Waals surface area contributed by atoms with Gasteiger partial charge in [-0.3, -0.25) is 0 Å². The largest absolute Gasteiger partial charge is 0.462 e. The topological polar surface area (TPSA) is 38.8 Å². The summed E-state index contributed by atoms with van der Waals surface area (Å²) in [5.41, 5.74) is 1.27. The van der Waals surface area contributed by atoms with Crippen molar-refractivity contribution in [3.8, 4) is 5.75 Å². The zero-order valence-corrected chi connectivity index (χ0v) is 13.6. The van der Waals surface area contributed by atoms with E-state index in [0.29, 0.717) is 40.3 Å². The molecular weight excluding hydrogens is 325 g/mol. The van der Waals surface area contributed by atoms with Crippen molar-refractivity contribution in [1.82, 2.24) is 0 Å². The first-order valence-corrected chi connectivity index (χ1v) is 7.81. The molecule has 0 aliphatic carbocycles. The number of nitrogens with zero attached hydrogens (tertiary/aromatic N) is 1. The maximum Gasteiger partial charge on any atom is 0.339 e. The predicted octanol–water partition coefficient (Wildman–Crippen LogP) is 4.32. The van der Waals surface area contributed by atoms with E-state index in [1.807, 2.05) is 11.0 Å². The monoisotopic (exact) mass is 339 g/mol. The van der Waals surface area contributed by atoms with Crippen molar-refractivity contribution in [2.45, 2.75) is 25.8 Å². The van der Waals surface area contributed by atoms with Gasteiger partial charge < -0.3 is 14.4 Å². The predicted molar refractivity (Wildman–Crippen MR) is 86.4 cm³/mol. The maximum atomic E-state index is 12.2. The van der Waals surface area contributed by atoms with Crippen LogP contribution in [0, 0.1) is 0 Å². The Morgan fingerprint density at radius 3 is 3.00 bits per heavy atom. The average Bonchev–Trinajstić information content (AvgIpc) is 2.86. The fourth-order valence-corrected chi connectivity index (χ4v) is 3.30. The number of fused-ring (bicyclic) bond motifs is 3. The molecule has 2 heterocycles. The Kier molecular flexibility index (Phi) is 4.06. The van der Waals surface area contributed by atoms with Gasteiger partial charge in [0.15, 0.2) is 5.75 Å². The van der Waals surface area contributed by atoms with E-state index in [-0.39, 0.29) is 12.0 Å². The van der Waals surface area contributed by atoms with Crippen LogP contribution in [-0.4, -0.2) is 18.6 Å². The van der Waals surface area contributed by atoms with Gasteiger partial charge in [-0.25, -0.2) is 4.79 Å². The lowest BCUT2D eigenvalue weighted by molar-refractivity contribution is -0.139. The SMILES string of the molecule is C=C[C@H]1CCC(C(=O)OCC)=C2Oc3c(Cl)cc(Cl)cc3N21. The Labute approximate surface area is 138 Å². The minimum Gasteiger partial charge on any atom is -0.462 e. The Balaban J connectivity index is 2.14. The number of hydrogen-bond acceptors (Lipinski definition) is 4. The smallest absolute Gasteiger partial charge is 0.339 e. The molecule has 3 rings (SSSR count). The van der Waals surface area contributed by atoms with Crippen LogP contribution in [-0.2, 0) is 9.53 Å². The van der Waals surface area contributed by atoms with Crippen molar-refractivity contribution in [1.29, 1.82) is 0 Å². The molecule has 2 aliphatic rings. The average molecular weight is 340 g/mol. The summed E-state index contributed by atoms with van der Waals surface area (Å²) < 4.78 is 11.0. The molecule has 0 N–H and O–H groups in total. The van der Waals surface area contributed by atoms with E-state index in [1.54, 1.807) is 19.1 Å². The molecule has 0 aromatic heterocycles. The second kappa shape index (κ2) is 5.86. The molecule has 0 saturated heterocycles. The first kappa shape index (κ1) is 15.3. The zero-order valence-electron chi connectivity index (χ0n) is 12.1. The molecule has 0 bridgehead atoms. The number of carbonyl (C=O) groups excluding carboxylic acids is 1. The number of ether oxygens (including phenoxy) is 2. The summed E-state index contributed by atoms with van der Waals surface area (Å²) in [6, 6.07) is 3.41. The third-order valence-corrected chi connectivity index (χ3v) is 4.24. The van der Waals surface area contributed by atoms with Gasteiger partial charge in [-0.2, -0.15) is 0 Å². The van der Waals surface area contributed by atoms with Crippen LogP contribution in [0.1, 0.15) is 19.8 Å². The Morgan fingerprint density at radius 1 is 1.55 bits per heavy atom. The maximum absolute atomic E-state index is 12.2. The second-order valence-corrected chi connectivity index (χ2v) is 5.90. The van der Waals surface area contributed by atoms with E-state index in [1.165, 1.54) is 0 Å². The Morgan fingerprint density at radius 2 is 2.32 bits per heavy atom. The summed E-state index contributed by atoms with van der Waals surface area (Å²) in [5.74, 6) is 0.616. The number of anilines is 1. The molecule has 1 aromatic carbocycles. The van der Waals surface area contributed by atoms with E-state index in [9.17, 15) is 4.79 Å². The van der Waals surface area contributed by atoms with Gasteiger partial charge in [0.05, 0.1) is 28.9 Å². The lowest BCUT2D eigenvalue weighted by atomic mass is 9.99. The molecule has 2 aliphatic heterocycles. The van der Waals surface area contributed by atoms with Crippen molar-refractivity contribution < 1.29 is 14.3 Å². The van der Waals surface area contributed by atoms with Crippen LogP contribution in [0.4, 0.5) is 5.69 Å². The molecule has 0 fully saturated rings. The Hall–Kier alpha value is -1.65. The zero-order chi connectivity index (χ0) is 15.9. The van der Waals surface area contributed by atoms with Gasteiger partial charge >= 0.3 is 5.97 Å². The third-order valence-electron chi connectivity index (χ3n) is 3.74. The van der Waals surface area contributed by atoms with Crippen LogP contribution in [0.5, 0.6) is 5.75 Å². The molecule has 0 spiro atoms. The van der Waals surface area contributed by atoms with Crippen molar-refractivity contribution in [2.24, 2.45) is 0 Å². The van der Waals surface area contributed by atoms with E-state index < -0.39 is 0 Å². The fraction of sp³-hybridized carbons (Fsp3) is 0.312.